The second kappa shape index (κ2) is 12.3. The second-order valence-corrected chi connectivity index (χ2v) is 13.8. The van der Waals surface area contributed by atoms with Crippen LogP contribution in [0.4, 0.5) is 0 Å². The topological polar surface area (TPSA) is 158 Å². The molecule has 0 saturated carbocycles. The molecule has 2 heterocycles. The Balaban J connectivity index is 1.68. The number of carbonyl (C=O) groups excluding carboxylic acids is 2. The lowest BCUT2D eigenvalue weighted by atomic mass is 10.0. The minimum atomic E-state index is -3.95. The third-order valence-corrected chi connectivity index (χ3v) is 10.7. The molecule has 216 valence electrons. The van der Waals surface area contributed by atoms with Gasteiger partial charge in [-0.3, -0.25) is 9.59 Å². The van der Waals surface area contributed by atoms with E-state index in [4.69, 9.17) is 9.88 Å². The van der Waals surface area contributed by atoms with Crippen molar-refractivity contribution in [3.63, 3.8) is 0 Å². The van der Waals surface area contributed by atoms with E-state index in [2.05, 4.69) is 4.99 Å². The molecule has 1 aromatic heterocycles. The molecule has 1 saturated heterocycles. The fourth-order valence-corrected chi connectivity index (χ4v) is 8.20. The molecule has 1 unspecified atom stereocenters. The average molecular weight is 609 g/mol. The Labute approximate surface area is 237 Å². The number of rotatable bonds is 9. The molecule has 40 heavy (non-hydrogen) atoms. The predicted molar refractivity (Wildman–Crippen MR) is 151 cm³/mol. The summed E-state index contributed by atoms with van der Waals surface area (Å²) in [6, 6.07) is 9.94. The van der Waals surface area contributed by atoms with Gasteiger partial charge < -0.3 is 9.30 Å². The Kier molecular flexibility index (Phi) is 9.25. The molecule has 1 amide bonds. The molecule has 0 aliphatic carbocycles. The van der Waals surface area contributed by atoms with E-state index in [0.717, 1.165) is 37.0 Å². The first kappa shape index (κ1) is 30.1. The van der Waals surface area contributed by atoms with Crippen LogP contribution in [0.2, 0.25) is 0 Å². The van der Waals surface area contributed by atoms with Gasteiger partial charge in [-0.1, -0.05) is 24.7 Å². The lowest BCUT2D eigenvalue weighted by Crippen LogP contribution is -2.43. The lowest BCUT2D eigenvalue weighted by Gasteiger charge is -2.34. The van der Waals surface area contributed by atoms with Gasteiger partial charge in [0.05, 0.1) is 33.0 Å². The number of nitrogens with zero attached hydrogens (tertiary/aromatic N) is 3. The van der Waals surface area contributed by atoms with Crippen molar-refractivity contribution in [1.82, 2.24) is 8.87 Å². The van der Waals surface area contributed by atoms with Gasteiger partial charge in [-0.2, -0.15) is 9.30 Å². The third-order valence-electron chi connectivity index (χ3n) is 6.78. The van der Waals surface area contributed by atoms with Gasteiger partial charge in [-0.15, -0.1) is 0 Å². The maximum Gasteiger partial charge on any atom is 0.307 e. The van der Waals surface area contributed by atoms with Crippen molar-refractivity contribution in [1.29, 1.82) is 0 Å². The molecule has 0 radical (unpaired) electrons. The minimum Gasteiger partial charge on any atom is -0.466 e. The van der Waals surface area contributed by atoms with Crippen LogP contribution in [0.15, 0.2) is 57.2 Å². The van der Waals surface area contributed by atoms with Crippen LogP contribution in [0.3, 0.4) is 0 Å². The highest BCUT2D eigenvalue weighted by Gasteiger charge is 2.32. The lowest BCUT2D eigenvalue weighted by molar-refractivity contribution is -0.143. The van der Waals surface area contributed by atoms with Gasteiger partial charge in [0, 0.05) is 24.7 Å². The normalized spacial score (nSPS) is 17.3. The number of thiazole rings is 1. The van der Waals surface area contributed by atoms with Crippen LogP contribution < -0.4 is 9.94 Å². The second-order valence-electron chi connectivity index (χ2n) is 9.38. The molecule has 1 aliphatic heterocycles. The number of piperidine rings is 1. The number of aryl methyl sites for hydroxylation is 1. The Hall–Kier alpha value is -2.91. The zero-order valence-electron chi connectivity index (χ0n) is 22.3. The standard InChI is InChI=1S/C26H32N4O7S3/c1-3-19-7-5-6-15-30(19)40(35,36)20-10-8-18(9-11-20)25(32)28-26-29(16-14-24(31)37-4-2)22-13-12-21(39(27,33)34)17-23(22)38-26/h8-13,17,19H,3-7,14-16H2,1-2H3,(H2,27,33,34). The van der Waals surface area contributed by atoms with Crippen LogP contribution in [0.1, 0.15) is 56.3 Å². The van der Waals surface area contributed by atoms with Crippen molar-refractivity contribution in [2.45, 2.75) is 68.3 Å². The number of benzene rings is 2. The number of amides is 1. The number of primary sulfonamides is 1. The number of hydrogen-bond donors (Lipinski definition) is 1. The predicted octanol–water partition coefficient (Wildman–Crippen LogP) is 3.00. The molecule has 11 nitrogen and oxygen atoms in total. The highest BCUT2D eigenvalue weighted by Crippen LogP contribution is 2.27. The summed E-state index contributed by atoms with van der Waals surface area (Å²) in [6.45, 7) is 4.52. The summed E-state index contributed by atoms with van der Waals surface area (Å²) in [4.78, 5) is 29.6. The zero-order valence-corrected chi connectivity index (χ0v) is 24.7. The summed E-state index contributed by atoms with van der Waals surface area (Å²) in [5.74, 6) is -1.04. The molecule has 1 atom stereocenters. The third kappa shape index (κ3) is 6.52. The molecule has 2 aromatic carbocycles. The minimum absolute atomic E-state index is 0.0137. The summed E-state index contributed by atoms with van der Waals surface area (Å²) in [6.07, 6.45) is 3.39. The summed E-state index contributed by atoms with van der Waals surface area (Å²) >= 11 is 1.07. The quantitative estimate of drug-likeness (QED) is 0.366. The largest absolute Gasteiger partial charge is 0.466 e. The Morgan fingerprint density at radius 3 is 2.40 bits per heavy atom. The first-order valence-electron chi connectivity index (χ1n) is 13.0. The number of fused-ring (bicyclic) bond motifs is 1. The van der Waals surface area contributed by atoms with Crippen LogP contribution in [0, 0.1) is 0 Å². The number of sulfonamides is 2. The van der Waals surface area contributed by atoms with Crippen molar-refractivity contribution in [2.24, 2.45) is 10.1 Å². The monoisotopic (exact) mass is 608 g/mol. The first-order chi connectivity index (χ1) is 19.0. The van der Waals surface area contributed by atoms with Gasteiger partial charge in [-0.25, -0.2) is 22.0 Å². The molecule has 1 fully saturated rings. The molecule has 2 N–H and O–H groups in total. The van der Waals surface area contributed by atoms with Crippen molar-refractivity contribution >= 4 is 53.5 Å². The van der Waals surface area contributed by atoms with Crippen molar-refractivity contribution in [3.8, 4) is 0 Å². The van der Waals surface area contributed by atoms with E-state index in [0.29, 0.717) is 16.8 Å². The number of nitrogens with two attached hydrogens (primary N) is 1. The molecule has 1 aliphatic rings. The number of esters is 1. The van der Waals surface area contributed by atoms with Crippen LogP contribution in [0.25, 0.3) is 10.2 Å². The van der Waals surface area contributed by atoms with E-state index in [-0.39, 0.29) is 45.8 Å². The highest BCUT2D eigenvalue weighted by atomic mass is 32.2. The Bertz CT molecular complexity index is 1690. The molecule has 0 bridgehead atoms. The Morgan fingerprint density at radius 2 is 1.75 bits per heavy atom. The van der Waals surface area contributed by atoms with Gasteiger partial charge in [-0.05, 0) is 68.7 Å². The molecular weight excluding hydrogens is 577 g/mol. The maximum atomic E-state index is 13.3. The summed E-state index contributed by atoms with van der Waals surface area (Å²) < 4.78 is 58.9. The van der Waals surface area contributed by atoms with Crippen LogP contribution in [0.5, 0.6) is 0 Å². The first-order valence-corrected chi connectivity index (χ1v) is 16.8. The molecular formula is C26H32N4O7S3. The van der Waals surface area contributed by atoms with Gasteiger partial charge >= 0.3 is 5.97 Å². The zero-order chi connectivity index (χ0) is 29.1. The summed E-state index contributed by atoms with van der Waals surface area (Å²) in [5.41, 5.74) is 0.756. The average Bonchev–Trinajstić information content (AvgIpc) is 3.27. The number of carbonyl (C=O) groups is 2. The fourth-order valence-electron chi connectivity index (χ4n) is 4.72. The Morgan fingerprint density at radius 1 is 1.05 bits per heavy atom. The number of aromatic nitrogens is 1. The molecule has 3 aromatic rings. The van der Waals surface area contributed by atoms with Crippen molar-refractivity contribution < 1.29 is 31.2 Å². The number of ether oxygens (including phenoxy) is 1. The molecule has 0 spiro atoms. The van der Waals surface area contributed by atoms with Crippen molar-refractivity contribution in [2.75, 3.05) is 13.2 Å². The van der Waals surface area contributed by atoms with Crippen LogP contribution in [-0.4, -0.2) is 56.8 Å². The van der Waals surface area contributed by atoms with Crippen LogP contribution in [-0.2, 0) is 36.1 Å². The van der Waals surface area contributed by atoms with E-state index in [1.807, 2.05) is 6.92 Å². The van der Waals surface area contributed by atoms with E-state index in [9.17, 15) is 26.4 Å². The summed E-state index contributed by atoms with van der Waals surface area (Å²) in [7, 11) is -7.65. The van der Waals surface area contributed by atoms with Crippen LogP contribution >= 0.6 is 11.3 Å². The van der Waals surface area contributed by atoms with E-state index in [1.54, 1.807) is 21.9 Å². The van der Waals surface area contributed by atoms with Gasteiger partial charge in [0.15, 0.2) is 4.80 Å². The van der Waals surface area contributed by atoms with Gasteiger partial charge in [0.2, 0.25) is 20.0 Å². The van der Waals surface area contributed by atoms with E-state index < -0.39 is 31.9 Å². The van der Waals surface area contributed by atoms with Crippen molar-refractivity contribution in [3.05, 3.63) is 52.8 Å². The fraction of sp³-hybridized carbons (Fsp3) is 0.423. The van der Waals surface area contributed by atoms with E-state index in [1.165, 1.54) is 36.4 Å². The number of hydrogen-bond acceptors (Lipinski definition) is 8. The SMILES string of the molecule is CCOC(=O)CCn1c(=NC(=O)c2ccc(S(=O)(=O)N3CCCCC3CC)cc2)sc2cc(S(N)(=O)=O)ccc21. The van der Waals surface area contributed by atoms with Gasteiger partial charge in [0.1, 0.15) is 0 Å². The van der Waals surface area contributed by atoms with Gasteiger partial charge in [0.25, 0.3) is 5.91 Å². The summed E-state index contributed by atoms with van der Waals surface area (Å²) in [5, 5.41) is 5.27. The smallest absolute Gasteiger partial charge is 0.307 e. The highest BCUT2D eigenvalue weighted by molar-refractivity contribution is 7.89. The van der Waals surface area contributed by atoms with E-state index >= 15 is 0 Å². The molecule has 4 rings (SSSR count). The maximum absolute atomic E-state index is 13.3. The molecule has 14 heteroatoms.